The van der Waals surface area contributed by atoms with E-state index in [2.05, 4.69) is 21.2 Å². The van der Waals surface area contributed by atoms with Crippen LogP contribution in [0.5, 0.6) is 0 Å². The second-order valence-corrected chi connectivity index (χ2v) is 6.85. The molecule has 1 nitrogen and oxygen atoms in total. The fourth-order valence-corrected chi connectivity index (χ4v) is 3.70. The third-order valence-corrected chi connectivity index (χ3v) is 5.34. The number of nitrogens with one attached hydrogen (secondary N) is 1. The molecule has 0 bridgehead atoms. The van der Waals surface area contributed by atoms with E-state index in [9.17, 15) is 13.2 Å². The quantitative estimate of drug-likeness (QED) is 0.694. The summed E-state index contributed by atoms with van der Waals surface area (Å²) >= 11 is 4.92. The summed E-state index contributed by atoms with van der Waals surface area (Å²) in [7, 11) is 0. The molecule has 1 unspecified atom stereocenters. The number of aryl methyl sites for hydroxylation is 1. The first-order chi connectivity index (χ1) is 9.95. The van der Waals surface area contributed by atoms with Crippen molar-refractivity contribution in [2.75, 3.05) is 6.54 Å². The SMILES string of the molecule is CCCNC(c1cc(Br)c(C)s1)c1ccc(F)c(F)c1F. The van der Waals surface area contributed by atoms with Gasteiger partial charge in [-0.05, 0) is 48.0 Å². The van der Waals surface area contributed by atoms with Gasteiger partial charge in [0.05, 0.1) is 6.04 Å². The average molecular weight is 378 g/mol. The van der Waals surface area contributed by atoms with Crippen molar-refractivity contribution in [1.82, 2.24) is 5.32 Å². The van der Waals surface area contributed by atoms with Crippen LogP contribution in [0.4, 0.5) is 13.2 Å². The Bertz CT molecular complexity index is 623. The summed E-state index contributed by atoms with van der Waals surface area (Å²) in [6.07, 6.45) is 0.854. The Morgan fingerprint density at radius 1 is 1.24 bits per heavy atom. The van der Waals surface area contributed by atoms with Crippen LogP contribution in [0.25, 0.3) is 0 Å². The van der Waals surface area contributed by atoms with Crippen LogP contribution in [0.3, 0.4) is 0 Å². The molecule has 2 rings (SSSR count). The number of hydrogen-bond acceptors (Lipinski definition) is 2. The second-order valence-electron chi connectivity index (χ2n) is 4.70. The zero-order valence-corrected chi connectivity index (χ0v) is 14.0. The Kier molecular flexibility index (Phi) is 5.46. The molecule has 1 heterocycles. The summed E-state index contributed by atoms with van der Waals surface area (Å²) in [5, 5.41) is 3.19. The van der Waals surface area contributed by atoms with Crippen molar-refractivity contribution < 1.29 is 13.2 Å². The fraction of sp³-hybridized carbons (Fsp3) is 0.333. The maximum absolute atomic E-state index is 14.1. The van der Waals surface area contributed by atoms with Gasteiger partial charge in [0.25, 0.3) is 0 Å². The third kappa shape index (κ3) is 3.49. The smallest absolute Gasteiger partial charge is 0.194 e. The lowest BCUT2D eigenvalue weighted by molar-refractivity contribution is 0.433. The normalized spacial score (nSPS) is 12.7. The first-order valence-electron chi connectivity index (χ1n) is 6.58. The molecule has 114 valence electrons. The largest absolute Gasteiger partial charge is 0.306 e. The van der Waals surface area contributed by atoms with Crippen LogP contribution in [-0.4, -0.2) is 6.54 Å². The highest BCUT2D eigenvalue weighted by molar-refractivity contribution is 9.10. The van der Waals surface area contributed by atoms with E-state index in [-0.39, 0.29) is 5.56 Å². The highest BCUT2D eigenvalue weighted by Crippen LogP contribution is 2.35. The molecular formula is C15H15BrF3NS. The van der Waals surface area contributed by atoms with Gasteiger partial charge in [0, 0.05) is 19.8 Å². The Hall–Kier alpha value is -0.850. The summed E-state index contributed by atoms with van der Waals surface area (Å²) in [6.45, 7) is 4.58. The van der Waals surface area contributed by atoms with Crippen LogP contribution in [0.2, 0.25) is 0 Å². The van der Waals surface area contributed by atoms with Crippen LogP contribution in [0, 0.1) is 24.4 Å². The molecule has 1 aromatic carbocycles. The van der Waals surface area contributed by atoms with Crippen molar-refractivity contribution in [3.8, 4) is 0 Å². The predicted octanol–water partition coefficient (Wildman–Crippen LogP) is 5.33. The molecule has 2 aromatic rings. The lowest BCUT2D eigenvalue weighted by Crippen LogP contribution is -2.24. The Morgan fingerprint density at radius 3 is 2.52 bits per heavy atom. The lowest BCUT2D eigenvalue weighted by Gasteiger charge is -2.18. The number of thiophene rings is 1. The topological polar surface area (TPSA) is 12.0 Å². The number of benzene rings is 1. The van der Waals surface area contributed by atoms with Gasteiger partial charge in [-0.1, -0.05) is 13.0 Å². The Balaban J connectivity index is 2.47. The van der Waals surface area contributed by atoms with Gasteiger partial charge in [0.15, 0.2) is 17.5 Å². The van der Waals surface area contributed by atoms with Crippen molar-refractivity contribution in [3.63, 3.8) is 0 Å². The van der Waals surface area contributed by atoms with Gasteiger partial charge in [-0.15, -0.1) is 11.3 Å². The molecule has 0 amide bonds. The Morgan fingerprint density at radius 2 is 1.95 bits per heavy atom. The third-order valence-electron chi connectivity index (χ3n) is 3.14. The first kappa shape index (κ1) is 16.5. The minimum absolute atomic E-state index is 0.121. The molecule has 21 heavy (non-hydrogen) atoms. The standard InChI is InChI=1S/C15H15BrF3NS/c1-3-6-20-15(12-7-10(16)8(2)21-12)9-4-5-11(17)14(19)13(9)18/h4-5,7,15,20H,3,6H2,1-2H3. The molecular weight excluding hydrogens is 363 g/mol. The van der Waals surface area contributed by atoms with Gasteiger partial charge in [-0.2, -0.15) is 0 Å². The van der Waals surface area contributed by atoms with Crippen molar-refractivity contribution in [3.05, 3.63) is 55.4 Å². The van der Waals surface area contributed by atoms with Crippen LogP contribution >= 0.6 is 27.3 Å². The van der Waals surface area contributed by atoms with Crippen LogP contribution in [0.15, 0.2) is 22.7 Å². The number of hydrogen-bond donors (Lipinski definition) is 1. The molecule has 0 aliphatic heterocycles. The molecule has 0 fully saturated rings. The van der Waals surface area contributed by atoms with Gasteiger partial charge < -0.3 is 5.32 Å². The average Bonchev–Trinajstić information content (AvgIpc) is 2.78. The van der Waals surface area contributed by atoms with E-state index in [1.807, 2.05) is 19.9 Å². The summed E-state index contributed by atoms with van der Waals surface area (Å²) in [5.41, 5.74) is 0.121. The predicted molar refractivity (Wildman–Crippen MR) is 83.2 cm³/mol. The second kappa shape index (κ2) is 6.94. The highest BCUT2D eigenvalue weighted by atomic mass is 79.9. The van der Waals surface area contributed by atoms with Gasteiger partial charge in [-0.25, -0.2) is 13.2 Å². The molecule has 0 aliphatic rings. The van der Waals surface area contributed by atoms with E-state index >= 15 is 0 Å². The van der Waals surface area contributed by atoms with E-state index in [0.29, 0.717) is 6.54 Å². The fourth-order valence-electron chi connectivity index (χ4n) is 2.04. The highest BCUT2D eigenvalue weighted by Gasteiger charge is 2.23. The zero-order chi connectivity index (χ0) is 15.6. The van der Waals surface area contributed by atoms with Crippen LogP contribution in [-0.2, 0) is 0 Å². The minimum atomic E-state index is -1.43. The van der Waals surface area contributed by atoms with E-state index in [0.717, 1.165) is 26.7 Å². The van der Waals surface area contributed by atoms with E-state index < -0.39 is 23.5 Å². The number of rotatable bonds is 5. The molecule has 1 atom stereocenters. The van der Waals surface area contributed by atoms with Gasteiger partial charge in [-0.3, -0.25) is 0 Å². The van der Waals surface area contributed by atoms with Gasteiger partial charge in [0.2, 0.25) is 0 Å². The Labute approximate surface area is 134 Å². The molecule has 1 N–H and O–H groups in total. The summed E-state index contributed by atoms with van der Waals surface area (Å²) < 4.78 is 41.6. The number of halogens is 4. The minimum Gasteiger partial charge on any atom is -0.306 e. The van der Waals surface area contributed by atoms with E-state index in [4.69, 9.17) is 0 Å². The van der Waals surface area contributed by atoms with E-state index in [1.54, 1.807) is 0 Å². The molecule has 6 heteroatoms. The molecule has 0 aliphatic carbocycles. The molecule has 0 saturated carbocycles. The van der Waals surface area contributed by atoms with Gasteiger partial charge in [0.1, 0.15) is 0 Å². The van der Waals surface area contributed by atoms with Crippen molar-refractivity contribution in [2.45, 2.75) is 26.3 Å². The molecule has 1 aromatic heterocycles. The van der Waals surface area contributed by atoms with Crippen LogP contribution in [0.1, 0.15) is 34.7 Å². The summed E-state index contributed by atoms with van der Waals surface area (Å²) in [4.78, 5) is 1.91. The van der Waals surface area contributed by atoms with Crippen molar-refractivity contribution in [1.29, 1.82) is 0 Å². The van der Waals surface area contributed by atoms with Crippen molar-refractivity contribution >= 4 is 27.3 Å². The van der Waals surface area contributed by atoms with Gasteiger partial charge >= 0.3 is 0 Å². The molecule has 0 saturated heterocycles. The van der Waals surface area contributed by atoms with E-state index in [1.165, 1.54) is 17.4 Å². The molecule has 0 radical (unpaired) electrons. The lowest BCUT2D eigenvalue weighted by atomic mass is 10.0. The maximum atomic E-state index is 14.1. The first-order valence-corrected chi connectivity index (χ1v) is 8.19. The monoisotopic (exact) mass is 377 g/mol. The maximum Gasteiger partial charge on any atom is 0.194 e. The van der Waals surface area contributed by atoms with Crippen molar-refractivity contribution in [2.24, 2.45) is 0 Å². The molecule has 0 spiro atoms. The zero-order valence-electron chi connectivity index (χ0n) is 11.6. The van der Waals surface area contributed by atoms with Crippen LogP contribution < -0.4 is 5.32 Å². The summed E-state index contributed by atoms with van der Waals surface area (Å²) in [5.74, 6) is -3.73. The summed E-state index contributed by atoms with van der Waals surface area (Å²) in [6, 6.07) is 3.65.